The molecular weight excluding hydrogens is 140 g/mol. The van der Waals surface area contributed by atoms with E-state index in [0.717, 1.165) is 32.8 Å². The molecule has 11 heavy (non-hydrogen) atoms. The molecule has 0 spiro atoms. The summed E-state index contributed by atoms with van der Waals surface area (Å²) < 4.78 is 5.58. The van der Waals surface area contributed by atoms with Crippen molar-refractivity contribution in [3.8, 4) is 0 Å². The Hall–Kier alpha value is -0.120. The van der Waals surface area contributed by atoms with Gasteiger partial charge < -0.3 is 4.74 Å². The van der Waals surface area contributed by atoms with Crippen LogP contribution in [-0.2, 0) is 4.74 Å². The second-order valence-electron chi connectivity index (χ2n) is 3.17. The molecule has 0 N–H and O–H groups in total. The lowest BCUT2D eigenvalue weighted by molar-refractivity contribution is -0.0256. The zero-order valence-corrected chi connectivity index (χ0v) is 6.83. The highest BCUT2D eigenvalue weighted by molar-refractivity contribution is 4.73. The molecule has 3 heteroatoms. The summed E-state index contributed by atoms with van der Waals surface area (Å²) in [5.41, 5.74) is 0. The Kier molecular flexibility index (Phi) is 2.41. The summed E-state index contributed by atoms with van der Waals surface area (Å²) in [4.78, 5) is 2.42. The first-order valence-corrected chi connectivity index (χ1v) is 4.46. The smallest absolute Gasteiger partial charge is 0.110 e. The summed E-state index contributed by atoms with van der Waals surface area (Å²) in [6.07, 6.45) is 2.88. The van der Waals surface area contributed by atoms with Crippen molar-refractivity contribution in [2.75, 3.05) is 32.8 Å². The Bertz CT molecular complexity index is 117. The molecule has 0 amide bonds. The number of ether oxygens (including phenoxy) is 1. The van der Waals surface area contributed by atoms with Crippen LogP contribution >= 0.6 is 0 Å². The second kappa shape index (κ2) is 3.52. The third-order valence-electron chi connectivity index (χ3n) is 2.40. The molecule has 2 fully saturated rings. The first kappa shape index (κ1) is 7.53. The number of hydrogen-bond donors (Lipinski definition) is 0. The van der Waals surface area contributed by atoms with Crippen LogP contribution in [0.5, 0.6) is 0 Å². The summed E-state index contributed by atoms with van der Waals surface area (Å²) in [5.74, 6) is 0. The van der Waals surface area contributed by atoms with E-state index in [2.05, 4.69) is 10.2 Å². The van der Waals surface area contributed by atoms with Crippen molar-refractivity contribution in [3.63, 3.8) is 0 Å². The number of nitrogens with zero attached hydrogens (tertiary/aromatic N) is 2. The molecule has 2 aliphatic heterocycles. The maximum atomic E-state index is 5.58. The SMILES string of the molecule is C1CO[C@H](N2CC[N]CC2)C1. The highest BCUT2D eigenvalue weighted by Crippen LogP contribution is 2.16. The fourth-order valence-corrected chi connectivity index (χ4v) is 1.76. The topological polar surface area (TPSA) is 26.6 Å². The van der Waals surface area contributed by atoms with Gasteiger partial charge in [-0.25, -0.2) is 5.32 Å². The Morgan fingerprint density at radius 3 is 2.73 bits per heavy atom. The minimum absolute atomic E-state index is 0.422. The zero-order valence-electron chi connectivity index (χ0n) is 6.83. The first-order valence-electron chi connectivity index (χ1n) is 4.46. The molecular formula is C8H15N2O. The lowest BCUT2D eigenvalue weighted by Gasteiger charge is -2.30. The minimum atomic E-state index is 0.422. The van der Waals surface area contributed by atoms with Gasteiger partial charge in [0.1, 0.15) is 6.23 Å². The van der Waals surface area contributed by atoms with Crippen molar-refractivity contribution >= 4 is 0 Å². The van der Waals surface area contributed by atoms with Crippen molar-refractivity contribution < 1.29 is 4.74 Å². The van der Waals surface area contributed by atoms with E-state index in [1.54, 1.807) is 0 Å². The molecule has 0 aromatic carbocycles. The van der Waals surface area contributed by atoms with Crippen LogP contribution in [0.1, 0.15) is 12.8 Å². The van der Waals surface area contributed by atoms with Gasteiger partial charge in [0.2, 0.25) is 0 Å². The van der Waals surface area contributed by atoms with E-state index in [-0.39, 0.29) is 0 Å². The number of piperazine rings is 1. The van der Waals surface area contributed by atoms with Crippen molar-refractivity contribution in [1.29, 1.82) is 0 Å². The van der Waals surface area contributed by atoms with Crippen LogP contribution in [0.3, 0.4) is 0 Å². The van der Waals surface area contributed by atoms with Gasteiger partial charge in [0.05, 0.1) is 0 Å². The summed E-state index contributed by atoms with van der Waals surface area (Å²) in [6.45, 7) is 5.16. The van der Waals surface area contributed by atoms with Gasteiger partial charge in [-0.05, 0) is 12.8 Å². The molecule has 0 aromatic rings. The average molecular weight is 155 g/mol. The van der Waals surface area contributed by atoms with Crippen LogP contribution in [0, 0.1) is 0 Å². The highest BCUT2D eigenvalue weighted by atomic mass is 16.5. The van der Waals surface area contributed by atoms with Gasteiger partial charge >= 0.3 is 0 Å². The Morgan fingerprint density at radius 2 is 2.09 bits per heavy atom. The van der Waals surface area contributed by atoms with Crippen molar-refractivity contribution in [2.24, 2.45) is 0 Å². The van der Waals surface area contributed by atoms with E-state index in [1.165, 1.54) is 12.8 Å². The van der Waals surface area contributed by atoms with Crippen LogP contribution < -0.4 is 5.32 Å². The molecule has 2 heterocycles. The normalized spacial score (nSPS) is 34.4. The van der Waals surface area contributed by atoms with Gasteiger partial charge in [0.25, 0.3) is 0 Å². The van der Waals surface area contributed by atoms with Crippen LogP contribution in [0.4, 0.5) is 0 Å². The van der Waals surface area contributed by atoms with E-state index in [0.29, 0.717) is 6.23 Å². The van der Waals surface area contributed by atoms with Crippen molar-refractivity contribution in [3.05, 3.63) is 0 Å². The van der Waals surface area contributed by atoms with Crippen LogP contribution in [0.25, 0.3) is 0 Å². The molecule has 2 rings (SSSR count). The third kappa shape index (κ3) is 1.72. The minimum Gasteiger partial charge on any atom is -0.363 e. The quantitative estimate of drug-likeness (QED) is 0.534. The summed E-state index contributed by atoms with van der Waals surface area (Å²) in [6, 6.07) is 0. The van der Waals surface area contributed by atoms with Crippen LogP contribution in [0.15, 0.2) is 0 Å². The maximum Gasteiger partial charge on any atom is 0.110 e. The summed E-state index contributed by atoms with van der Waals surface area (Å²) in [5, 5.41) is 4.30. The van der Waals surface area contributed by atoms with Gasteiger partial charge in [-0.1, -0.05) is 0 Å². The van der Waals surface area contributed by atoms with Gasteiger partial charge in [-0.15, -0.1) is 0 Å². The number of rotatable bonds is 1. The molecule has 1 radical (unpaired) electrons. The Morgan fingerprint density at radius 1 is 1.27 bits per heavy atom. The zero-order chi connectivity index (χ0) is 7.52. The molecule has 2 aliphatic rings. The Balaban J connectivity index is 1.82. The van der Waals surface area contributed by atoms with E-state index < -0.39 is 0 Å². The first-order chi connectivity index (χ1) is 5.47. The fourth-order valence-electron chi connectivity index (χ4n) is 1.76. The number of hydrogen-bond acceptors (Lipinski definition) is 2. The maximum absolute atomic E-state index is 5.58. The molecule has 1 atom stereocenters. The highest BCUT2D eigenvalue weighted by Gasteiger charge is 2.24. The molecule has 0 bridgehead atoms. The van der Waals surface area contributed by atoms with Gasteiger partial charge in [-0.2, -0.15) is 0 Å². The molecule has 0 aliphatic carbocycles. The Labute approximate surface area is 67.7 Å². The van der Waals surface area contributed by atoms with Gasteiger partial charge in [0.15, 0.2) is 0 Å². The molecule has 2 saturated heterocycles. The lowest BCUT2D eigenvalue weighted by atomic mass is 10.3. The fraction of sp³-hybridized carbons (Fsp3) is 1.00. The van der Waals surface area contributed by atoms with E-state index in [1.807, 2.05) is 0 Å². The van der Waals surface area contributed by atoms with Crippen LogP contribution in [-0.4, -0.2) is 43.9 Å². The standard InChI is InChI=1S/C8H15N2O/c1-2-8(11-7-1)10-5-3-9-4-6-10/h8H,1-7H2/t8-/m0/s1. The summed E-state index contributed by atoms with van der Waals surface area (Å²) >= 11 is 0. The largest absolute Gasteiger partial charge is 0.363 e. The molecule has 3 nitrogen and oxygen atoms in total. The van der Waals surface area contributed by atoms with E-state index >= 15 is 0 Å². The molecule has 0 unspecified atom stereocenters. The molecule has 63 valence electrons. The predicted octanol–water partition coefficient (Wildman–Crippen LogP) is 0.0429. The average Bonchev–Trinajstić information content (AvgIpc) is 2.58. The van der Waals surface area contributed by atoms with Crippen LogP contribution in [0.2, 0.25) is 0 Å². The molecule has 0 aromatic heterocycles. The molecule has 0 saturated carbocycles. The van der Waals surface area contributed by atoms with Gasteiger partial charge in [0, 0.05) is 32.8 Å². The third-order valence-corrected chi connectivity index (χ3v) is 2.40. The monoisotopic (exact) mass is 155 g/mol. The van der Waals surface area contributed by atoms with E-state index in [9.17, 15) is 0 Å². The second-order valence-corrected chi connectivity index (χ2v) is 3.17. The predicted molar refractivity (Wildman–Crippen MR) is 42.4 cm³/mol. The summed E-state index contributed by atoms with van der Waals surface area (Å²) in [7, 11) is 0. The van der Waals surface area contributed by atoms with Gasteiger partial charge in [-0.3, -0.25) is 4.90 Å². The van der Waals surface area contributed by atoms with E-state index in [4.69, 9.17) is 4.74 Å². The van der Waals surface area contributed by atoms with Crippen molar-refractivity contribution in [2.45, 2.75) is 19.1 Å². The lowest BCUT2D eigenvalue weighted by Crippen LogP contribution is -2.45. The van der Waals surface area contributed by atoms with Crippen molar-refractivity contribution in [1.82, 2.24) is 10.2 Å².